The van der Waals surface area contributed by atoms with Gasteiger partial charge in [0, 0.05) is 17.1 Å². The van der Waals surface area contributed by atoms with Crippen molar-refractivity contribution in [2.45, 2.75) is 71.0 Å². The molecule has 5 nitrogen and oxygen atoms in total. The Morgan fingerprint density at radius 2 is 1.90 bits per heavy atom. The summed E-state index contributed by atoms with van der Waals surface area (Å²) in [5.41, 5.74) is 2.62. The third-order valence-electron chi connectivity index (χ3n) is 6.91. The van der Waals surface area contributed by atoms with E-state index >= 15 is 0 Å². The van der Waals surface area contributed by atoms with Gasteiger partial charge in [-0.15, -0.1) is 11.3 Å². The summed E-state index contributed by atoms with van der Waals surface area (Å²) in [6.45, 7) is 6.43. The Balaban J connectivity index is 1.62. The van der Waals surface area contributed by atoms with Gasteiger partial charge in [0.1, 0.15) is 16.1 Å². The number of thiophene rings is 1. The second-order valence-corrected chi connectivity index (χ2v) is 10.2. The van der Waals surface area contributed by atoms with Gasteiger partial charge in [0.25, 0.3) is 5.91 Å². The van der Waals surface area contributed by atoms with Crippen LogP contribution in [0.5, 0.6) is 0 Å². The minimum Gasteiger partial charge on any atom is -0.351 e. The number of carbonyl (C=O) groups excluding carboxylic acids is 2. The molecular weight excluding hydrogens is 406 g/mol. The Bertz CT molecular complexity index is 1170. The number of amides is 2. The lowest BCUT2D eigenvalue weighted by molar-refractivity contribution is -0.127. The predicted molar refractivity (Wildman–Crippen MR) is 126 cm³/mol. The van der Waals surface area contributed by atoms with E-state index in [0.29, 0.717) is 12.2 Å². The average Bonchev–Trinajstić information content (AvgIpc) is 3.33. The molecule has 5 rings (SSSR count). The molecule has 2 aromatic heterocycles. The first-order chi connectivity index (χ1) is 14.9. The van der Waals surface area contributed by atoms with E-state index in [-0.39, 0.29) is 17.9 Å². The first kappa shape index (κ1) is 20.3. The number of aromatic nitrogens is 1. The highest BCUT2D eigenvalue weighted by Gasteiger charge is 2.49. The van der Waals surface area contributed by atoms with E-state index < -0.39 is 5.54 Å². The van der Waals surface area contributed by atoms with Crippen LogP contribution in [0.2, 0.25) is 0 Å². The molecular formula is C25H29N3O2S. The Morgan fingerprint density at radius 1 is 1.13 bits per heavy atom. The van der Waals surface area contributed by atoms with E-state index in [2.05, 4.69) is 11.4 Å². The van der Waals surface area contributed by atoms with Gasteiger partial charge in [0.05, 0.1) is 6.54 Å². The van der Waals surface area contributed by atoms with Crippen LogP contribution in [0.1, 0.15) is 60.6 Å². The standard InChI is InChI=1S/C25H29N3O2S/c1-16-9-10-20(17(2)13-16)28-22(29)21-14-18-11-12-31-23(18)27(21)15-25(28,3)24(30)26-19-7-5-4-6-8-19/h9-14,19H,4-8,15H2,1-3H3,(H,26,30)/t25-/m1/s1. The molecule has 31 heavy (non-hydrogen) atoms. The maximum atomic E-state index is 13.9. The maximum absolute atomic E-state index is 13.9. The molecule has 0 unspecified atom stereocenters. The Labute approximate surface area is 187 Å². The van der Waals surface area contributed by atoms with Crippen molar-refractivity contribution < 1.29 is 9.59 Å². The normalized spacial score (nSPS) is 22.0. The number of nitrogens with one attached hydrogen (secondary N) is 1. The van der Waals surface area contributed by atoms with Crippen LogP contribution in [0.4, 0.5) is 5.69 Å². The lowest BCUT2D eigenvalue weighted by atomic mass is 9.90. The number of nitrogens with zero attached hydrogens (tertiary/aromatic N) is 2. The van der Waals surface area contributed by atoms with Crippen molar-refractivity contribution in [3.63, 3.8) is 0 Å². The summed E-state index contributed by atoms with van der Waals surface area (Å²) in [5, 5.41) is 6.40. The van der Waals surface area contributed by atoms with E-state index in [9.17, 15) is 9.59 Å². The summed E-state index contributed by atoms with van der Waals surface area (Å²) in [6.07, 6.45) is 5.57. The minimum absolute atomic E-state index is 0.0585. The summed E-state index contributed by atoms with van der Waals surface area (Å²) < 4.78 is 2.04. The zero-order valence-corrected chi connectivity index (χ0v) is 19.2. The van der Waals surface area contributed by atoms with Crippen molar-refractivity contribution in [2.75, 3.05) is 4.90 Å². The zero-order chi connectivity index (χ0) is 21.8. The van der Waals surface area contributed by atoms with E-state index in [1.807, 2.05) is 55.0 Å². The quantitative estimate of drug-likeness (QED) is 0.616. The molecule has 1 aliphatic carbocycles. The number of benzene rings is 1. The maximum Gasteiger partial charge on any atom is 0.275 e. The summed E-state index contributed by atoms with van der Waals surface area (Å²) in [5.74, 6) is -0.167. The van der Waals surface area contributed by atoms with E-state index in [0.717, 1.165) is 52.7 Å². The number of fused-ring (bicyclic) bond motifs is 3. The van der Waals surface area contributed by atoms with Crippen molar-refractivity contribution in [1.29, 1.82) is 0 Å². The van der Waals surface area contributed by atoms with Gasteiger partial charge in [-0.3, -0.25) is 14.5 Å². The van der Waals surface area contributed by atoms with E-state index in [1.54, 1.807) is 16.2 Å². The molecule has 2 amide bonds. The summed E-state index contributed by atoms with van der Waals surface area (Å²) in [7, 11) is 0. The molecule has 1 saturated carbocycles. The third kappa shape index (κ3) is 3.28. The van der Waals surface area contributed by atoms with Crippen LogP contribution in [-0.2, 0) is 11.3 Å². The van der Waals surface area contributed by atoms with Gasteiger partial charge in [0.15, 0.2) is 0 Å². The summed E-state index contributed by atoms with van der Waals surface area (Å²) >= 11 is 1.62. The van der Waals surface area contributed by atoms with Crippen LogP contribution in [0, 0.1) is 13.8 Å². The van der Waals surface area contributed by atoms with Crippen LogP contribution >= 0.6 is 11.3 Å². The van der Waals surface area contributed by atoms with Gasteiger partial charge >= 0.3 is 0 Å². The van der Waals surface area contributed by atoms with E-state index in [1.165, 1.54) is 6.42 Å². The molecule has 0 radical (unpaired) electrons. The fourth-order valence-corrected chi connectivity index (χ4v) is 6.12. The van der Waals surface area contributed by atoms with Crippen molar-refractivity contribution in [3.8, 4) is 0 Å². The van der Waals surface area contributed by atoms with Crippen LogP contribution < -0.4 is 10.2 Å². The molecule has 1 N–H and O–H groups in total. The fraction of sp³-hybridized carbons (Fsp3) is 0.440. The number of hydrogen-bond donors (Lipinski definition) is 1. The largest absolute Gasteiger partial charge is 0.351 e. The Morgan fingerprint density at radius 3 is 2.65 bits per heavy atom. The minimum atomic E-state index is -1.00. The van der Waals surface area contributed by atoms with Gasteiger partial charge in [-0.25, -0.2) is 0 Å². The van der Waals surface area contributed by atoms with Crippen molar-refractivity contribution in [1.82, 2.24) is 9.88 Å². The molecule has 1 aromatic carbocycles. The molecule has 3 aromatic rings. The van der Waals surface area contributed by atoms with Gasteiger partial charge < -0.3 is 9.88 Å². The molecule has 1 atom stereocenters. The molecule has 6 heteroatoms. The molecule has 0 spiro atoms. The van der Waals surface area contributed by atoms with E-state index in [4.69, 9.17) is 0 Å². The average molecular weight is 436 g/mol. The molecule has 1 aliphatic heterocycles. The van der Waals surface area contributed by atoms with Crippen molar-refractivity contribution >= 4 is 39.1 Å². The van der Waals surface area contributed by atoms with Crippen LogP contribution in [0.3, 0.4) is 0 Å². The smallest absolute Gasteiger partial charge is 0.275 e. The van der Waals surface area contributed by atoms with Gasteiger partial charge in [-0.05, 0) is 62.8 Å². The number of carbonyl (C=O) groups is 2. The summed E-state index contributed by atoms with van der Waals surface area (Å²) in [6, 6.07) is 10.3. The molecule has 0 saturated heterocycles. The molecule has 1 fully saturated rings. The van der Waals surface area contributed by atoms with Gasteiger partial charge in [0.2, 0.25) is 5.91 Å². The molecule has 3 heterocycles. The number of hydrogen-bond acceptors (Lipinski definition) is 3. The fourth-order valence-electron chi connectivity index (χ4n) is 5.22. The van der Waals surface area contributed by atoms with Crippen LogP contribution in [0.25, 0.3) is 10.2 Å². The van der Waals surface area contributed by atoms with Crippen molar-refractivity contribution in [2.24, 2.45) is 0 Å². The summed E-state index contributed by atoms with van der Waals surface area (Å²) in [4.78, 5) is 30.5. The molecule has 0 bridgehead atoms. The second kappa shape index (κ2) is 7.52. The number of rotatable bonds is 3. The van der Waals surface area contributed by atoms with Crippen LogP contribution in [0.15, 0.2) is 35.7 Å². The zero-order valence-electron chi connectivity index (χ0n) is 18.4. The van der Waals surface area contributed by atoms with Crippen LogP contribution in [-0.4, -0.2) is 28.0 Å². The molecule has 2 aliphatic rings. The predicted octanol–water partition coefficient (Wildman–Crippen LogP) is 5.19. The highest BCUT2D eigenvalue weighted by molar-refractivity contribution is 7.16. The Hall–Kier alpha value is -2.60. The van der Waals surface area contributed by atoms with Gasteiger partial charge in [-0.1, -0.05) is 37.0 Å². The lowest BCUT2D eigenvalue weighted by Gasteiger charge is -2.45. The Kier molecular flexibility index (Phi) is 4.93. The molecule has 162 valence electrons. The van der Waals surface area contributed by atoms with Crippen molar-refractivity contribution in [3.05, 3.63) is 52.5 Å². The number of anilines is 1. The highest BCUT2D eigenvalue weighted by atomic mass is 32.1. The monoisotopic (exact) mass is 435 g/mol. The van der Waals surface area contributed by atoms with Gasteiger partial charge in [-0.2, -0.15) is 0 Å². The highest BCUT2D eigenvalue weighted by Crippen LogP contribution is 2.38. The SMILES string of the molecule is Cc1ccc(N2C(=O)c3cc4ccsc4n3C[C@]2(C)C(=O)NC2CCCCC2)c(C)c1. The lowest BCUT2D eigenvalue weighted by Crippen LogP contribution is -2.65. The third-order valence-corrected chi connectivity index (χ3v) is 7.86. The number of aryl methyl sites for hydroxylation is 2. The second-order valence-electron chi connectivity index (χ2n) is 9.31. The first-order valence-electron chi connectivity index (χ1n) is 11.2. The topological polar surface area (TPSA) is 54.3 Å². The first-order valence-corrected chi connectivity index (χ1v) is 12.1.